The smallest absolute Gasteiger partial charge is 0.237 e. The molecule has 2 fully saturated rings. The summed E-state index contributed by atoms with van der Waals surface area (Å²) in [4.78, 5) is 14.7. The van der Waals surface area contributed by atoms with Gasteiger partial charge in [-0.25, -0.2) is 0 Å². The summed E-state index contributed by atoms with van der Waals surface area (Å²) < 4.78 is 0. The van der Waals surface area contributed by atoms with Crippen molar-refractivity contribution in [3.63, 3.8) is 0 Å². The maximum Gasteiger partial charge on any atom is 0.237 e. The van der Waals surface area contributed by atoms with Gasteiger partial charge in [0.1, 0.15) is 0 Å². The number of carbonyl (C=O) groups excluding carboxylic acids is 1. The van der Waals surface area contributed by atoms with Crippen LogP contribution in [0.15, 0.2) is 0 Å². The standard InChI is InChI=1S/C15H29N3O.ClH/c1-4-18(12-6-7-12)11-10-17-14(19)13-15(2,3)8-5-9-16-13;/h12-13,16H,4-11H2,1-3H3,(H,17,19);1H. The van der Waals surface area contributed by atoms with Gasteiger partial charge in [-0.3, -0.25) is 9.69 Å². The molecule has 5 heteroatoms. The Morgan fingerprint density at radius 1 is 1.40 bits per heavy atom. The van der Waals surface area contributed by atoms with E-state index in [0.29, 0.717) is 0 Å². The highest BCUT2D eigenvalue weighted by molar-refractivity contribution is 5.85. The normalized spacial score (nSPS) is 25.1. The minimum atomic E-state index is -0.0303. The molecule has 1 aliphatic heterocycles. The predicted octanol–water partition coefficient (Wildman–Crippen LogP) is 1.79. The third-order valence-corrected chi connectivity index (χ3v) is 4.56. The van der Waals surface area contributed by atoms with Gasteiger partial charge in [-0.15, -0.1) is 12.4 Å². The zero-order chi connectivity index (χ0) is 13.9. The molecule has 1 saturated heterocycles. The SMILES string of the molecule is CCN(CCNC(=O)C1NCCCC1(C)C)C1CC1.Cl. The van der Waals surface area contributed by atoms with Gasteiger partial charge in [0.15, 0.2) is 0 Å². The quantitative estimate of drug-likeness (QED) is 0.786. The van der Waals surface area contributed by atoms with Crippen molar-refractivity contribution in [3.05, 3.63) is 0 Å². The Morgan fingerprint density at radius 3 is 2.65 bits per heavy atom. The van der Waals surface area contributed by atoms with Crippen LogP contribution in [0.2, 0.25) is 0 Å². The van der Waals surface area contributed by atoms with Crippen molar-refractivity contribution in [2.75, 3.05) is 26.2 Å². The summed E-state index contributed by atoms with van der Waals surface area (Å²) in [7, 11) is 0. The van der Waals surface area contributed by atoms with E-state index in [-0.39, 0.29) is 29.8 Å². The molecule has 1 heterocycles. The van der Waals surface area contributed by atoms with E-state index in [0.717, 1.165) is 38.6 Å². The first-order valence-electron chi connectivity index (χ1n) is 7.80. The van der Waals surface area contributed by atoms with Crippen LogP contribution in [-0.2, 0) is 4.79 Å². The van der Waals surface area contributed by atoms with Gasteiger partial charge in [0, 0.05) is 19.1 Å². The second-order valence-corrected chi connectivity index (χ2v) is 6.63. The Hall–Kier alpha value is -0.320. The molecule has 0 aromatic carbocycles. The van der Waals surface area contributed by atoms with Gasteiger partial charge in [0.25, 0.3) is 0 Å². The summed E-state index contributed by atoms with van der Waals surface area (Å²) in [5.41, 5.74) is 0.0727. The number of piperidine rings is 1. The topological polar surface area (TPSA) is 44.4 Å². The minimum absolute atomic E-state index is 0. The minimum Gasteiger partial charge on any atom is -0.353 e. The second kappa shape index (κ2) is 7.62. The van der Waals surface area contributed by atoms with Crippen molar-refractivity contribution in [1.29, 1.82) is 0 Å². The molecule has 2 rings (SSSR count). The lowest BCUT2D eigenvalue weighted by Crippen LogP contribution is -2.56. The number of halogens is 1. The van der Waals surface area contributed by atoms with E-state index in [1.165, 1.54) is 19.3 Å². The molecule has 0 bridgehead atoms. The Labute approximate surface area is 129 Å². The Bertz CT molecular complexity index is 318. The van der Waals surface area contributed by atoms with Crippen LogP contribution in [0.5, 0.6) is 0 Å². The Morgan fingerprint density at radius 2 is 2.10 bits per heavy atom. The molecule has 20 heavy (non-hydrogen) atoms. The molecule has 1 saturated carbocycles. The molecular weight excluding hydrogens is 274 g/mol. The highest BCUT2D eigenvalue weighted by Gasteiger charge is 2.37. The van der Waals surface area contributed by atoms with E-state index in [1.807, 2.05) is 0 Å². The zero-order valence-electron chi connectivity index (χ0n) is 13.1. The first-order chi connectivity index (χ1) is 9.04. The number of likely N-dealkylation sites (N-methyl/N-ethyl adjacent to an activating group) is 1. The fraction of sp³-hybridized carbons (Fsp3) is 0.933. The predicted molar refractivity (Wildman–Crippen MR) is 85.3 cm³/mol. The van der Waals surface area contributed by atoms with Crippen LogP contribution in [0, 0.1) is 5.41 Å². The third-order valence-electron chi connectivity index (χ3n) is 4.56. The van der Waals surface area contributed by atoms with Crippen LogP contribution in [0.1, 0.15) is 46.5 Å². The molecule has 118 valence electrons. The van der Waals surface area contributed by atoms with Crippen LogP contribution in [0.3, 0.4) is 0 Å². The Balaban J connectivity index is 0.00000200. The summed E-state index contributed by atoms with van der Waals surface area (Å²) in [6.07, 6.45) is 4.96. The molecule has 1 atom stereocenters. The van der Waals surface area contributed by atoms with Gasteiger partial charge < -0.3 is 10.6 Å². The zero-order valence-corrected chi connectivity index (χ0v) is 13.9. The van der Waals surface area contributed by atoms with Crippen LogP contribution in [-0.4, -0.2) is 49.1 Å². The summed E-state index contributed by atoms with van der Waals surface area (Å²) in [6, 6.07) is 0.753. The first kappa shape index (κ1) is 17.7. The highest BCUT2D eigenvalue weighted by Crippen LogP contribution is 2.30. The van der Waals surface area contributed by atoms with Crippen LogP contribution in [0.25, 0.3) is 0 Å². The summed E-state index contributed by atoms with van der Waals surface area (Å²) >= 11 is 0. The van der Waals surface area contributed by atoms with E-state index < -0.39 is 0 Å². The average molecular weight is 304 g/mol. The largest absolute Gasteiger partial charge is 0.353 e. The number of nitrogens with one attached hydrogen (secondary N) is 2. The molecule has 0 aromatic rings. The summed E-state index contributed by atoms with van der Waals surface area (Å²) in [6.45, 7) is 10.4. The lowest BCUT2D eigenvalue weighted by Gasteiger charge is -2.38. The maximum atomic E-state index is 12.3. The molecule has 1 unspecified atom stereocenters. The Kier molecular flexibility index (Phi) is 6.76. The number of amides is 1. The van der Waals surface area contributed by atoms with Crippen LogP contribution in [0.4, 0.5) is 0 Å². The molecule has 0 radical (unpaired) electrons. The van der Waals surface area contributed by atoms with Crippen LogP contribution >= 0.6 is 12.4 Å². The van der Waals surface area contributed by atoms with Crippen molar-refractivity contribution in [2.24, 2.45) is 5.41 Å². The third kappa shape index (κ3) is 4.61. The monoisotopic (exact) mass is 303 g/mol. The molecule has 2 N–H and O–H groups in total. The first-order valence-corrected chi connectivity index (χ1v) is 7.80. The van der Waals surface area contributed by atoms with E-state index >= 15 is 0 Å². The molecule has 4 nitrogen and oxygen atoms in total. The molecule has 0 spiro atoms. The van der Waals surface area contributed by atoms with Gasteiger partial charge in [-0.2, -0.15) is 0 Å². The van der Waals surface area contributed by atoms with Crippen LogP contribution < -0.4 is 10.6 Å². The van der Waals surface area contributed by atoms with E-state index in [1.54, 1.807) is 0 Å². The van der Waals surface area contributed by atoms with E-state index in [2.05, 4.69) is 36.3 Å². The lowest BCUT2D eigenvalue weighted by molar-refractivity contribution is -0.126. The fourth-order valence-corrected chi connectivity index (χ4v) is 3.12. The number of hydrogen-bond donors (Lipinski definition) is 2. The number of carbonyl (C=O) groups is 1. The number of hydrogen-bond acceptors (Lipinski definition) is 3. The van der Waals surface area contributed by atoms with Crippen molar-refractivity contribution in [3.8, 4) is 0 Å². The van der Waals surface area contributed by atoms with Crippen molar-refractivity contribution in [1.82, 2.24) is 15.5 Å². The van der Waals surface area contributed by atoms with Crippen molar-refractivity contribution >= 4 is 18.3 Å². The van der Waals surface area contributed by atoms with Crippen molar-refractivity contribution < 1.29 is 4.79 Å². The molecular formula is C15H30ClN3O. The summed E-state index contributed by atoms with van der Waals surface area (Å²) in [5, 5.41) is 6.48. The molecule has 1 amide bonds. The lowest BCUT2D eigenvalue weighted by atomic mass is 9.77. The van der Waals surface area contributed by atoms with Crippen molar-refractivity contribution in [2.45, 2.75) is 58.5 Å². The number of nitrogens with zero attached hydrogens (tertiary/aromatic N) is 1. The van der Waals surface area contributed by atoms with Gasteiger partial charge >= 0.3 is 0 Å². The molecule has 1 aliphatic carbocycles. The molecule has 0 aromatic heterocycles. The summed E-state index contributed by atoms with van der Waals surface area (Å²) in [5.74, 6) is 0.177. The van der Waals surface area contributed by atoms with Gasteiger partial charge in [-0.1, -0.05) is 20.8 Å². The maximum absolute atomic E-state index is 12.3. The average Bonchev–Trinajstić information content (AvgIpc) is 3.18. The highest BCUT2D eigenvalue weighted by atomic mass is 35.5. The van der Waals surface area contributed by atoms with Gasteiger partial charge in [0.2, 0.25) is 5.91 Å². The molecule has 2 aliphatic rings. The second-order valence-electron chi connectivity index (χ2n) is 6.63. The van der Waals surface area contributed by atoms with E-state index in [9.17, 15) is 4.79 Å². The van der Waals surface area contributed by atoms with E-state index in [4.69, 9.17) is 0 Å². The van der Waals surface area contributed by atoms with Gasteiger partial charge in [-0.05, 0) is 44.2 Å². The van der Waals surface area contributed by atoms with Gasteiger partial charge in [0.05, 0.1) is 6.04 Å². The fourth-order valence-electron chi connectivity index (χ4n) is 3.12. The number of rotatable bonds is 6.